The summed E-state index contributed by atoms with van der Waals surface area (Å²) in [5.41, 5.74) is 1.29. The summed E-state index contributed by atoms with van der Waals surface area (Å²) in [6.07, 6.45) is 0. The van der Waals surface area contributed by atoms with E-state index in [9.17, 15) is 15.0 Å². The number of rotatable bonds is 2. The number of benzene rings is 1. The Balaban J connectivity index is 2.98. The fourth-order valence-corrected chi connectivity index (χ4v) is 1.07. The lowest BCUT2D eigenvalue weighted by Crippen LogP contribution is -2.11. The molecule has 0 saturated carbocycles. The van der Waals surface area contributed by atoms with Crippen LogP contribution in [0.15, 0.2) is 24.3 Å². The zero-order chi connectivity index (χ0) is 11.6. The van der Waals surface area contributed by atoms with Gasteiger partial charge in [0.15, 0.2) is 11.5 Å². The van der Waals surface area contributed by atoms with Gasteiger partial charge >= 0.3 is 0 Å². The maximum Gasteiger partial charge on any atom is 0.250 e. The third-order valence-electron chi connectivity index (χ3n) is 1.93. The summed E-state index contributed by atoms with van der Waals surface area (Å²) in [6, 6.07) is 2.85. The van der Waals surface area contributed by atoms with Gasteiger partial charge in [0.1, 0.15) is 0 Å². The lowest BCUT2D eigenvalue weighted by Gasteiger charge is -2.08. The maximum atomic E-state index is 11.3. The Kier molecular flexibility index (Phi) is 2.99. The molecule has 0 aliphatic rings. The van der Waals surface area contributed by atoms with Crippen molar-refractivity contribution in [3.8, 4) is 11.5 Å². The lowest BCUT2D eigenvalue weighted by atomic mass is 10.1. The molecule has 0 aliphatic carbocycles. The van der Waals surface area contributed by atoms with Gasteiger partial charge < -0.3 is 15.5 Å². The van der Waals surface area contributed by atoms with E-state index < -0.39 is 0 Å². The van der Waals surface area contributed by atoms with Crippen molar-refractivity contribution < 1.29 is 15.0 Å². The molecule has 0 bridgehead atoms. The predicted molar refractivity (Wildman–Crippen MR) is 58.0 cm³/mol. The van der Waals surface area contributed by atoms with Crippen molar-refractivity contribution in [2.24, 2.45) is 0 Å². The van der Waals surface area contributed by atoms with Crippen LogP contribution in [0.2, 0.25) is 0 Å². The summed E-state index contributed by atoms with van der Waals surface area (Å²) in [4.78, 5) is 11.3. The molecule has 3 N–H and O–H groups in total. The summed E-state index contributed by atoms with van der Waals surface area (Å²) in [7, 11) is 0. The van der Waals surface area contributed by atoms with E-state index in [1.54, 1.807) is 19.9 Å². The Hall–Kier alpha value is -1.97. The van der Waals surface area contributed by atoms with Gasteiger partial charge in [0.25, 0.3) is 5.91 Å². The highest BCUT2D eigenvalue weighted by Gasteiger charge is 2.08. The van der Waals surface area contributed by atoms with Gasteiger partial charge in [-0.25, -0.2) is 0 Å². The summed E-state index contributed by atoms with van der Waals surface area (Å²) in [5.74, 6) is -0.755. The van der Waals surface area contributed by atoms with Gasteiger partial charge in [0.2, 0.25) is 0 Å². The zero-order valence-electron chi connectivity index (χ0n) is 8.66. The van der Waals surface area contributed by atoms with Gasteiger partial charge in [0, 0.05) is 17.3 Å². The van der Waals surface area contributed by atoms with Crippen LogP contribution < -0.4 is 5.32 Å². The minimum Gasteiger partial charge on any atom is -0.504 e. The number of phenolic OH excluding ortho intramolecular Hbond substituents is 2. The van der Waals surface area contributed by atoms with Gasteiger partial charge in [0.05, 0.1) is 0 Å². The van der Waals surface area contributed by atoms with Gasteiger partial charge in [-0.3, -0.25) is 4.79 Å². The van der Waals surface area contributed by atoms with Gasteiger partial charge in [-0.05, 0) is 25.5 Å². The van der Waals surface area contributed by atoms with E-state index >= 15 is 0 Å². The van der Waals surface area contributed by atoms with Crippen LogP contribution in [0.3, 0.4) is 0 Å². The Bertz CT molecular complexity index is 401. The highest BCUT2D eigenvalue weighted by Crippen LogP contribution is 2.31. The number of nitrogens with one attached hydrogen (secondary N) is 1. The van der Waals surface area contributed by atoms with Crippen molar-refractivity contribution in [1.82, 2.24) is 0 Å². The van der Waals surface area contributed by atoms with Crippen LogP contribution in [0.4, 0.5) is 5.69 Å². The van der Waals surface area contributed by atoms with E-state index in [1.807, 2.05) is 0 Å². The number of carbonyl (C=O) groups is 1. The standard InChI is InChI=1S/C11H13NO3/c1-6(2)11(15)12-8-4-7(3)10(14)9(13)5-8/h4-5,13-14H,1H2,2-3H3,(H,12,15). The number of aromatic hydroxyl groups is 2. The van der Waals surface area contributed by atoms with Crippen LogP contribution in [-0.2, 0) is 4.79 Å². The SMILES string of the molecule is C=C(C)C(=O)Nc1cc(C)c(O)c(O)c1. The van der Waals surface area contributed by atoms with Crippen LogP contribution in [-0.4, -0.2) is 16.1 Å². The quantitative estimate of drug-likeness (QED) is 0.394. The molecule has 1 rings (SSSR count). The highest BCUT2D eigenvalue weighted by atomic mass is 16.3. The molecule has 80 valence electrons. The van der Waals surface area contributed by atoms with Crippen LogP contribution >= 0.6 is 0 Å². The van der Waals surface area contributed by atoms with Gasteiger partial charge in [-0.1, -0.05) is 6.58 Å². The third-order valence-corrected chi connectivity index (χ3v) is 1.93. The van der Waals surface area contributed by atoms with Crippen molar-refractivity contribution in [2.45, 2.75) is 13.8 Å². The first-order valence-corrected chi connectivity index (χ1v) is 4.41. The van der Waals surface area contributed by atoms with E-state index in [0.717, 1.165) is 0 Å². The summed E-state index contributed by atoms with van der Waals surface area (Å²) in [5, 5.41) is 21.1. The lowest BCUT2D eigenvalue weighted by molar-refractivity contribution is -0.112. The van der Waals surface area contributed by atoms with E-state index in [-0.39, 0.29) is 17.4 Å². The molecule has 15 heavy (non-hydrogen) atoms. The first-order chi connectivity index (χ1) is 6.91. The summed E-state index contributed by atoms with van der Waals surface area (Å²) < 4.78 is 0. The summed E-state index contributed by atoms with van der Waals surface area (Å²) >= 11 is 0. The number of aryl methyl sites for hydroxylation is 1. The molecule has 0 unspecified atom stereocenters. The molecular weight excluding hydrogens is 194 g/mol. The molecule has 1 aromatic carbocycles. The molecule has 0 heterocycles. The fraction of sp³-hybridized carbons (Fsp3) is 0.182. The van der Waals surface area contributed by atoms with Gasteiger partial charge in [-0.2, -0.15) is 0 Å². The first kappa shape index (κ1) is 11.1. The van der Waals surface area contributed by atoms with Crippen LogP contribution in [0.5, 0.6) is 11.5 Å². The molecule has 0 atom stereocenters. The Morgan fingerprint density at radius 1 is 1.40 bits per heavy atom. The zero-order valence-corrected chi connectivity index (χ0v) is 8.66. The number of hydrogen-bond acceptors (Lipinski definition) is 3. The Morgan fingerprint density at radius 2 is 2.00 bits per heavy atom. The van der Waals surface area contributed by atoms with E-state index in [2.05, 4.69) is 11.9 Å². The minimum atomic E-state index is -0.320. The minimum absolute atomic E-state index is 0.177. The van der Waals surface area contributed by atoms with Crippen molar-refractivity contribution in [3.63, 3.8) is 0 Å². The molecule has 0 fully saturated rings. The molecule has 0 aromatic heterocycles. The second-order valence-corrected chi connectivity index (χ2v) is 3.40. The normalized spacial score (nSPS) is 9.73. The maximum absolute atomic E-state index is 11.3. The topological polar surface area (TPSA) is 69.6 Å². The smallest absolute Gasteiger partial charge is 0.250 e. The Labute approximate surface area is 87.9 Å². The molecule has 4 nitrogen and oxygen atoms in total. The molecule has 0 radical (unpaired) electrons. The molecule has 0 spiro atoms. The van der Waals surface area contributed by atoms with Crippen LogP contribution in [0, 0.1) is 6.92 Å². The number of carbonyl (C=O) groups excluding carboxylic acids is 1. The van der Waals surface area contributed by atoms with Crippen LogP contribution in [0.25, 0.3) is 0 Å². The third kappa shape index (κ3) is 2.49. The number of anilines is 1. The molecule has 0 saturated heterocycles. The molecule has 0 aliphatic heterocycles. The second-order valence-electron chi connectivity index (χ2n) is 3.40. The van der Waals surface area contributed by atoms with Crippen LogP contribution in [0.1, 0.15) is 12.5 Å². The van der Waals surface area contributed by atoms with Gasteiger partial charge in [-0.15, -0.1) is 0 Å². The Morgan fingerprint density at radius 3 is 2.47 bits per heavy atom. The molecule has 4 heteroatoms. The van der Waals surface area contributed by atoms with Crippen molar-refractivity contribution >= 4 is 11.6 Å². The summed E-state index contributed by atoms with van der Waals surface area (Å²) in [6.45, 7) is 6.71. The van der Waals surface area contributed by atoms with Crippen molar-refractivity contribution in [2.75, 3.05) is 5.32 Å². The number of hydrogen-bond donors (Lipinski definition) is 3. The predicted octanol–water partition coefficient (Wildman–Crippen LogP) is 1.92. The molecule has 1 aromatic rings. The first-order valence-electron chi connectivity index (χ1n) is 4.41. The largest absolute Gasteiger partial charge is 0.504 e. The number of amides is 1. The molecule has 1 amide bonds. The monoisotopic (exact) mass is 207 g/mol. The van der Waals surface area contributed by atoms with Crippen molar-refractivity contribution in [1.29, 1.82) is 0 Å². The average Bonchev–Trinajstić information content (AvgIpc) is 2.13. The van der Waals surface area contributed by atoms with E-state index in [1.165, 1.54) is 6.07 Å². The molecular formula is C11H13NO3. The van der Waals surface area contributed by atoms with E-state index in [0.29, 0.717) is 16.8 Å². The fourth-order valence-electron chi connectivity index (χ4n) is 1.07. The number of phenols is 2. The highest BCUT2D eigenvalue weighted by molar-refractivity contribution is 6.03. The average molecular weight is 207 g/mol. The second kappa shape index (κ2) is 4.04. The van der Waals surface area contributed by atoms with E-state index in [4.69, 9.17) is 0 Å². The van der Waals surface area contributed by atoms with Crippen molar-refractivity contribution in [3.05, 3.63) is 29.8 Å².